The van der Waals surface area contributed by atoms with Crippen molar-refractivity contribution in [3.8, 4) is 0 Å². The fourth-order valence-corrected chi connectivity index (χ4v) is 9.91. The lowest BCUT2D eigenvalue weighted by atomic mass is 9.92. The van der Waals surface area contributed by atoms with Gasteiger partial charge in [0, 0.05) is 59.0 Å². The molecule has 1 saturated heterocycles. The highest BCUT2D eigenvalue weighted by Crippen LogP contribution is 2.23. The van der Waals surface area contributed by atoms with Crippen molar-refractivity contribution in [1.29, 1.82) is 0 Å². The Hall–Kier alpha value is -0.770. The van der Waals surface area contributed by atoms with Gasteiger partial charge in [0.15, 0.2) is 0 Å². The molecule has 406 valence electrons. The molecule has 0 aromatic carbocycles. The summed E-state index contributed by atoms with van der Waals surface area (Å²) in [5.41, 5.74) is -0.512. The maximum atomic E-state index is 13.3. The first-order chi connectivity index (χ1) is 33.6. The van der Waals surface area contributed by atoms with Gasteiger partial charge in [-0.25, -0.2) is 0 Å². The van der Waals surface area contributed by atoms with Gasteiger partial charge in [-0.2, -0.15) is 0 Å². The number of aliphatic hydroxyl groups excluding tert-OH is 1. The van der Waals surface area contributed by atoms with Crippen LogP contribution in [0.3, 0.4) is 0 Å². The largest absolute Gasteiger partial charge is 0.465 e. The van der Waals surface area contributed by atoms with Crippen LogP contribution in [0.25, 0.3) is 0 Å². The molecule has 0 amide bonds. The molecule has 8 heteroatoms. The minimum Gasteiger partial charge on any atom is -0.465 e. The standard InChI is InChI=1S/C60H120N2O6/c1-4-7-10-13-16-19-22-25-28-31-34-37-40-52-65-55-60(56-66-53-41-38-35-32-29-26-23-20-17-14-11-8-5-2,57-67-54-42-39-36-33-30-27-24-21-18-15-12-9-6-3)58-68-59(64)44-43-45-61-46-48-62(49-47-61)50-51-63/h63H,4-58H2,1-3H3. The van der Waals surface area contributed by atoms with E-state index in [-0.39, 0.29) is 19.2 Å². The van der Waals surface area contributed by atoms with Crippen LogP contribution < -0.4 is 0 Å². The summed E-state index contributed by atoms with van der Waals surface area (Å²) in [5, 5.41) is 9.31. The number of piperazine rings is 1. The zero-order valence-electron chi connectivity index (χ0n) is 46.3. The fraction of sp³-hybridized carbons (Fsp3) is 0.983. The first-order valence-corrected chi connectivity index (χ1v) is 30.5. The Morgan fingerprint density at radius 2 is 0.632 bits per heavy atom. The molecule has 1 fully saturated rings. The Morgan fingerprint density at radius 3 is 0.912 bits per heavy atom. The Kier molecular flexibility index (Phi) is 50.4. The number of hydrogen-bond acceptors (Lipinski definition) is 8. The minimum atomic E-state index is -0.512. The molecule has 0 unspecified atom stereocenters. The van der Waals surface area contributed by atoms with Crippen LogP contribution in [0.15, 0.2) is 0 Å². The van der Waals surface area contributed by atoms with Crippen molar-refractivity contribution < 1.29 is 28.8 Å². The zero-order chi connectivity index (χ0) is 49.0. The maximum absolute atomic E-state index is 13.3. The highest BCUT2D eigenvalue weighted by Gasteiger charge is 2.34. The molecule has 1 rings (SSSR count). The molecular formula is C60H120N2O6. The van der Waals surface area contributed by atoms with Gasteiger partial charge in [0.25, 0.3) is 0 Å². The third kappa shape index (κ3) is 44.0. The van der Waals surface area contributed by atoms with E-state index in [0.29, 0.717) is 26.2 Å². The van der Waals surface area contributed by atoms with E-state index in [4.69, 9.17) is 18.9 Å². The van der Waals surface area contributed by atoms with Crippen LogP contribution in [0.1, 0.15) is 284 Å². The van der Waals surface area contributed by atoms with Gasteiger partial charge in [-0.1, -0.05) is 252 Å². The second kappa shape index (κ2) is 52.5. The monoisotopic (exact) mass is 965 g/mol. The average Bonchev–Trinajstić information content (AvgIpc) is 3.35. The van der Waals surface area contributed by atoms with E-state index >= 15 is 0 Å². The molecule has 0 spiro atoms. The normalized spacial score (nSPS) is 13.8. The van der Waals surface area contributed by atoms with E-state index in [0.717, 1.165) is 84.8 Å². The molecule has 0 radical (unpaired) electrons. The highest BCUT2D eigenvalue weighted by atomic mass is 16.5. The van der Waals surface area contributed by atoms with Gasteiger partial charge in [-0.15, -0.1) is 0 Å². The quantitative estimate of drug-likeness (QED) is 0.0477. The van der Waals surface area contributed by atoms with Crippen LogP contribution in [0, 0.1) is 5.41 Å². The number of β-amino-alcohol motifs (C(OH)–C–C–N with tert-alkyl or cyclic N) is 1. The molecule has 0 atom stereocenters. The number of carbonyl (C=O) groups is 1. The van der Waals surface area contributed by atoms with Crippen molar-refractivity contribution in [2.45, 2.75) is 284 Å². The minimum absolute atomic E-state index is 0.127. The summed E-state index contributed by atoms with van der Waals surface area (Å²) in [6.07, 6.45) is 53.4. The number of nitrogens with zero attached hydrogens (tertiary/aromatic N) is 2. The summed E-state index contributed by atoms with van der Waals surface area (Å²) in [5.74, 6) is -0.127. The van der Waals surface area contributed by atoms with Gasteiger partial charge < -0.3 is 29.0 Å². The Balaban J connectivity index is 2.65. The molecule has 1 aliphatic heterocycles. The number of unbranched alkanes of at least 4 members (excludes halogenated alkanes) is 36. The van der Waals surface area contributed by atoms with Crippen molar-refractivity contribution in [3.05, 3.63) is 0 Å². The van der Waals surface area contributed by atoms with Gasteiger partial charge in [-0.3, -0.25) is 9.69 Å². The summed E-state index contributed by atoms with van der Waals surface area (Å²) in [4.78, 5) is 18.1. The predicted molar refractivity (Wildman–Crippen MR) is 292 cm³/mol. The molecule has 0 aliphatic carbocycles. The summed E-state index contributed by atoms with van der Waals surface area (Å²) in [6, 6.07) is 0. The van der Waals surface area contributed by atoms with Gasteiger partial charge in [0.2, 0.25) is 0 Å². The van der Waals surface area contributed by atoms with Crippen LogP contribution in [0.4, 0.5) is 0 Å². The number of carbonyl (C=O) groups excluding carboxylic acids is 1. The molecule has 0 aromatic heterocycles. The average molecular weight is 966 g/mol. The maximum Gasteiger partial charge on any atom is 0.305 e. The second-order valence-corrected chi connectivity index (χ2v) is 21.6. The van der Waals surface area contributed by atoms with E-state index in [1.807, 2.05) is 0 Å². The Morgan fingerprint density at radius 1 is 0.368 bits per heavy atom. The number of hydrogen-bond donors (Lipinski definition) is 1. The van der Waals surface area contributed by atoms with Crippen LogP contribution in [0.2, 0.25) is 0 Å². The van der Waals surface area contributed by atoms with Crippen molar-refractivity contribution in [2.75, 3.05) is 92.1 Å². The van der Waals surface area contributed by atoms with Crippen molar-refractivity contribution in [2.24, 2.45) is 5.41 Å². The van der Waals surface area contributed by atoms with Gasteiger partial charge in [-0.05, 0) is 32.2 Å². The number of ether oxygens (including phenoxy) is 4. The van der Waals surface area contributed by atoms with Crippen molar-refractivity contribution in [3.63, 3.8) is 0 Å². The van der Waals surface area contributed by atoms with Crippen molar-refractivity contribution >= 4 is 5.97 Å². The van der Waals surface area contributed by atoms with Crippen LogP contribution in [0.5, 0.6) is 0 Å². The fourth-order valence-electron chi connectivity index (χ4n) is 9.91. The third-order valence-electron chi connectivity index (χ3n) is 14.7. The topological polar surface area (TPSA) is 80.7 Å². The molecule has 0 bridgehead atoms. The molecular weight excluding hydrogens is 845 g/mol. The van der Waals surface area contributed by atoms with Gasteiger partial charge in [0.1, 0.15) is 6.61 Å². The molecule has 0 saturated carbocycles. The van der Waals surface area contributed by atoms with E-state index in [2.05, 4.69) is 30.6 Å². The number of esters is 1. The molecule has 1 aliphatic rings. The van der Waals surface area contributed by atoms with E-state index in [1.165, 1.54) is 231 Å². The summed E-state index contributed by atoms with van der Waals surface area (Å²) in [6.45, 7) is 16.6. The lowest BCUT2D eigenvalue weighted by Gasteiger charge is -2.34. The SMILES string of the molecule is CCCCCCCCCCCCCCCOCC(COCCCCCCCCCCCCCCC)(COCCCCCCCCCCCCCCC)COC(=O)CCCN1CCN(CCO)CC1. The van der Waals surface area contributed by atoms with Gasteiger partial charge in [0.05, 0.1) is 31.8 Å². The summed E-state index contributed by atoms with van der Waals surface area (Å²) >= 11 is 0. The summed E-state index contributed by atoms with van der Waals surface area (Å²) < 4.78 is 25.6. The molecule has 8 nitrogen and oxygen atoms in total. The van der Waals surface area contributed by atoms with E-state index in [9.17, 15) is 9.90 Å². The second-order valence-electron chi connectivity index (χ2n) is 21.6. The molecule has 1 N–H and O–H groups in total. The smallest absolute Gasteiger partial charge is 0.305 e. The van der Waals surface area contributed by atoms with Crippen LogP contribution in [-0.4, -0.2) is 113 Å². The number of aliphatic hydroxyl groups is 1. The Bertz CT molecular complexity index is 910. The van der Waals surface area contributed by atoms with Crippen molar-refractivity contribution in [1.82, 2.24) is 9.80 Å². The zero-order valence-corrected chi connectivity index (χ0v) is 46.3. The molecule has 1 heterocycles. The third-order valence-corrected chi connectivity index (χ3v) is 14.7. The van der Waals surface area contributed by atoms with Crippen LogP contribution >= 0.6 is 0 Å². The van der Waals surface area contributed by atoms with E-state index in [1.54, 1.807) is 0 Å². The number of rotatable bonds is 56. The first kappa shape index (κ1) is 65.2. The predicted octanol–water partition coefficient (Wildman–Crippen LogP) is 16.2. The molecule has 68 heavy (non-hydrogen) atoms. The summed E-state index contributed by atoms with van der Waals surface area (Å²) in [7, 11) is 0. The first-order valence-electron chi connectivity index (χ1n) is 30.5. The van der Waals surface area contributed by atoms with E-state index < -0.39 is 5.41 Å². The van der Waals surface area contributed by atoms with Gasteiger partial charge >= 0.3 is 5.97 Å². The lowest BCUT2D eigenvalue weighted by molar-refractivity contribution is -0.156. The van der Waals surface area contributed by atoms with Crippen LogP contribution in [-0.2, 0) is 23.7 Å². The lowest BCUT2D eigenvalue weighted by Crippen LogP contribution is -2.47. The Labute approximate surface area is 424 Å². The molecule has 0 aromatic rings. The highest BCUT2D eigenvalue weighted by molar-refractivity contribution is 5.69.